The fourth-order valence-electron chi connectivity index (χ4n) is 1.58. The number of benzene rings is 1. The van der Waals surface area contributed by atoms with Gasteiger partial charge in [0.15, 0.2) is 0 Å². The zero-order valence-electron chi connectivity index (χ0n) is 10.3. The molecule has 0 saturated carbocycles. The quantitative estimate of drug-likeness (QED) is 0.939. The molecule has 0 atom stereocenters. The molecule has 1 aromatic carbocycles. The molecule has 0 aliphatic rings. The summed E-state index contributed by atoms with van der Waals surface area (Å²) >= 11 is 3.16. The van der Waals surface area contributed by atoms with Crippen molar-refractivity contribution in [3.63, 3.8) is 0 Å². The Hall–Kier alpha value is -1.20. The van der Waals surface area contributed by atoms with Crippen LogP contribution in [0.1, 0.15) is 22.9 Å². The fourth-order valence-corrected chi connectivity index (χ4v) is 2.00. The van der Waals surface area contributed by atoms with Crippen LogP contribution < -0.4 is 5.32 Å². The first kappa shape index (κ1) is 13.2. The number of oxazole rings is 1. The lowest BCUT2D eigenvalue weighted by Crippen LogP contribution is -2.13. The lowest BCUT2D eigenvalue weighted by atomic mass is 10.2. The monoisotopic (exact) mass is 312 g/mol. The van der Waals surface area contributed by atoms with Crippen molar-refractivity contribution in [1.82, 2.24) is 10.3 Å². The Morgan fingerprint density at radius 1 is 1.33 bits per heavy atom. The Morgan fingerprint density at radius 2 is 2.11 bits per heavy atom. The standard InChI is InChI=1S/C13H14BrFN2O/c1-8-9(2)18-13(17-8)7-16-6-10-3-4-12(15)11(14)5-10/h3-5,16H,6-7H2,1-2H3. The van der Waals surface area contributed by atoms with Crippen LogP contribution in [0.2, 0.25) is 0 Å². The van der Waals surface area contributed by atoms with E-state index in [4.69, 9.17) is 4.42 Å². The number of nitrogens with one attached hydrogen (secondary N) is 1. The van der Waals surface area contributed by atoms with Gasteiger partial charge < -0.3 is 9.73 Å². The van der Waals surface area contributed by atoms with Crippen LogP contribution in [-0.2, 0) is 13.1 Å². The zero-order valence-corrected chi connectivity index (χ0v) is 11.8. The first-order valence-electron chi connectivity index (χ1n) is 5.64. The van der Waals surface area contributed by atoms with Crippen LogP contribution in [0.4, 0.5) is 4.39 Å². The highest BCUT2D eigenvalue weighted by molar-refractivity contribution is 9.10. The Kier molecular flexibility index (Phi) is 4.14. The van der Waals surface area contributed by atoms with E-state index in [1.54, 1.807) is 12.1 Å². The molecule has 0 amide bonds. The van der Waals surface area contributed by atoms with E-state index in [2.05, 4.69) is 26.2 Å². The summed E-state index contributed by atoms with van der Waals surface area (Å²) in [5, 5.41) is 3.21. The molecule has 1 heterocycles. The second-order valence-corrected chi connectivity index (χ2v) is 4.96. The number of halogens is 2. The number of hydrogen-bond acceptors (Lipinski definition) is 3. The van der Waals surface area contributed by atoms with Crippen LogP contribution in [0.3, 0.4) is 0 Å². The van der Waals surface area contributed by atoms with Crippen LogP contribution in [0, 0.1) is 19.7 Å². The predicted octanol–water partition coefficient (Wildman–Crippen LogP) is 3.48. The second kappa shape index (κ2) is 5.63. The van der Waals surface area contributed by atoms with Gasteiger partial charge >= 0.3 is 0 Å². The lowest BCUT2D eigenvalue weighted by Gasteiger charge is -2.03. The minimum Gasteiger partial charge on any atom is -0.444 e. The van der Waals surface area contributed by atoms with Crippen molar-refractivity contribution in [2.24, 2.45) is 0 Å². The third-order valence-corrected chi connectivity index (χ3v) is 3.27. The minimum atomic E-state index is -0.252. The van der Waals surface area contributed by atoms with E-state index in [0.717, 1.165) is 17.0 Å². The predicted molar refractivity (Wildman–Crippen MR) is 70.6 cm³/mol. The molecule has 2 aromatic rings. The van der Waals surface area contributed by atoms with Crippen LogP contribution in [-0.4, -0.2) is 4.98 Å². The van der Waals surface area contributed by atoms with Crippen molar-refractivity contribution in [2.75, 3.05) is 0 Å². The maximum Gasteiger partial charge on any atom is 0.208 e. The average Bonchev–Trinajstić information content (AvgIpc) is 2.63. The summed E-state index contributed by atoms with van der Waals surface area (Å²) in [7, 11) is 0. The summed E-state index contributed by atoms with van der Waals surface area (Å²) in [5.41, 5.74) is 1.92. The molecule has 0 aliphatic heterocycles. The minimum absolute atomic E-state index is 0.252. The molecule has 2 rings (SSSR count). The van der Waals surface area contributed by atoms with Gasteiger partial charge in [-0.05, 0) is 47.5 Å². The van der Waals surface area contributed by atoms with E-state index in [9.17, 15) is 4.39 Å². The van der Waals surface area contributed by atoms with Gasteiger partial charge in [0, 0.05) is 6.54 Å². The third kappa shape index (κ3) is 3.17. The first-order valence-corrected chi connectivity index (χ1v) is 6.43. The normalized spacial score (nSPS) is 10.9. The molecule has 0 radical (unpaired) electrons. The van der Waals surface area contributed by atoms with Gasteiger partial charge in [-0.15, -0.1) is 0 Å². The van der Waals surface area contributed by atoms with E-state index in [0.29, 0.717) is 23.5 Å². The first-order chi connectivity index (χ1) is 8.56. The number of aryl methyl sites for hydroxylation is 2. The largest absolute Gasteiger partial charge is 0.444 e. The maximum atomic E-state index is 13.0. The van der Waals surface area contributed by atoms with Gasteiger partial charge in [0.05, 0.1) is 16.7 Å². The van der Waals surface area contributed by atoms with Crippen molar-refractivity contribution >= 4 is 15.9 Å². The molecule has 0 saturated heterocycles. The van der Waals surface area contributed by atoms with Crippen LogP contribution in [0.25, 0.3) is 0 Å². The van der Waals surface area contributed by atoms with Gasteiger partial charge in [0.25, 0.3) is 0 Å². The summed E-state index contributed by atoms with van der Waals surface area (Å²) in [6, 6.07) is 4.95. The van der Waals surface area contributed by atoms with Crippen molar-refractivity contribution < 1.29 is 8.81 Å². The zero-order chi connectivity index (χ0) is 13.1. The molecule has 0 fully saturated rings. The summed E-state index contributed by atoms with van der Waals surface area (Å²) in [6.45, 7) is 5.01. The van der Waals surface area contributed by atoms with E-state index in [1.165, 1.54) is 6.07 Å². The molecule has 1 aromatic heterocycles. The molecular weight excluding hydrogens is 299 g/mol. The SMILES string of the molecule is Cc1nc(CNCc2ccc(F)c(Br)c2)oc1C. The van der Waals surface area contributed by atoms with Crippen LogP contribution >= 0.6 is 15.9 Å². The maximum absolute atomic E-state index is 13.0. The highest BCUT2D eigenvalue weighted by Crippen LogP contribution is 2.16. The van der Waals surface area contributed by atoms with E-state index >= 15 is 0 Å². The average molecular weight is 313 g/mol. The Bertz CT molecular complexity index is 534. The van der Waals surface area contributed by atoms with Crippen molar-refractivity contribution in [2.45, 2.75) is 26.9 Å². The second-order valence-electron chi connectivity index (χ2n) is 4.10. The summed E-state index contributed by atoms with van der Waals surface area (Å²) < 4.78 is 19.0. The molecule has 0 bridgehead atoms. The molecule has 3 nitrogen and oxygen atoms in total. The summed E-state index contributed by atoms with van der Waals surface area (Å²) in [6.07, 6.45) is 0. The lowest BCUT2D eigenvalue weighted by molar-refractivity contribution is 0.448. The number of aromatic nitrogens is 1. The fraction of sp³-hybridized carbons (Fsp3) is 0.308. The molecule has 0 spiro atoms. The van der Waals surface area contributed by atoms with Gasteiger partial charge in [0.2, 0.25) is 5.89 Å². The Balaban J connectivity index is 1.90. The molecule has 0 aliphatic carbocycles. The number of hydrogen-bond donors (Lipinski definition) is 1. The molecule has 5 heteroatoms. The molecule has 1 N–H and O–H groups in total. The van der Waals surface area contributed by atoms with Crippen LogP contribution in [0.5, 0.6) is 0 Å². The molecule has 96 valence electrons. The highest BCUT2D eigenvalue weighted by atomic mass is 79.9. The van der Waals surface area contributed by atoms with Crippen molar-refractivity contribution in [3.8, 4) is 0 Å². The van der Waals surface area contributed by atoms with Crippen LogP contribution in [0.15, 0.2) is 27.1 Å². The Morgan fingerprint density at radius 3 is 2.72 bits per heavy atom. The van der Waals surface area contributed by atoms with Gasteiger partial charge in [-0.1, -0.05) is 6.07 Å². The van der Waals surface area contributed by atoms with Gasteiger partial charge in [-0.2, -0.15) is 0 Å². The number of rotatable bonds is 4. The topological polar surface area (TPSA) is 38.1 Å². The molecular formula is C13H14BrFN2O. The van der Waals surface area contributed by atoms with Crippen molar-refractivity contribution in [1.29, 1.82) is 0 Å². The molecule has 0 unspecified atom stereocenters. The van der Waals surface area contributed by atoms with E-state index in [-0.39, 0.29) is 5.82 Å². The van der Waals surface area contributed by atoms with Gasteiger partial charge in [-0.25, -0.2) is 9.37 Å². The summed E-state index contributed by atoms with van der Waals surface area (Å²) in [4.78, 5) is 4.27. The molecule has 18 heavy (non-hydrogen) atoms. The van der Waals surface area contributed by atoms with Crippen molar-refractivity contribution in [3.05, 3.63) is 51.4 Å². The smallest absolute Gasteiger partial charge is 0.208 e. The van der Waals surface area contributed by atoms with E-state index in [1.807, 2.05) is 13.8 Å². The summed E-state index contributed by atoms with van der Waals surface area (Å²) in [5.74, 6) is 1.26. The number of nitrogens with zero attached hydrogens (tertiary/aromatic N) is 1. The Labute approximate surface area is 114 Å². The van der Waals surface area contributed by atoms with E-state index < -0.39 is 0 Å². The van der Waals surface area contributed by atoms with Gasteiger partial charge in [-0.3, -0.25) is 0 Å². The highest BCUT2D eigenvalue weighted by Gasteiger charge is 2.05. The third-order valence-electron chi connectivity index (χ3n) is 2.66. The van der Waals surface area contributed by atoms with Gasteiger partial charge in [0.1, 0.15) is 11.6 Å².